The molecule has 0 saturated carbocycles. The standard InChI is InChI=1S/C20H23ClN4O3/c1-28-18(26)13-17(14-3-5-16(21)6-4-14)24-19(27)15-7-11-25(12-8-15)20-22-9-2-10-23-20/h2-6,9-10,15,17H,7-8,11-13H2,1H3,(H,24,27). The van der Waals surface area contributed by atoms with Crippen molar-refractivity contribution in [3.8, 4) is 0 Å². The molecule has 0 spiro atoms. The van der Waals surface area contributed by atoms with Crippen LogP contribution in [0, 0.1) is 5.92 Å². The SMILES string of the molecule is COC(=O)CC(NC(=O)C1CCN(c2ncccn2)CC1)c1ccc(Cl)cc1. The fourth-order valence-corrected chi connectivity index (χ4v) is 3.41. The summed E-state index contributed by atoms with van der Waals surface area (Å²) in [6, 6.07) is 8.43. The van der Waals surface area contributed by atoms with Gasteiger partial charge < -0.3 is 15.0 Å². The maximum atomic E-state index is 12.8. The molecule has 3 rings (SSSR count). The van der Waals surface area contributed by atoms with Gasteiger partial charge in [-0.2, -0.15) is 0 Å². The van der Waals surface area contributed by atoms with Gasteiger partial charge in [-0.15, -0.1) is 0 Å². The number of hydrogen-bond acceptors (Lipinski definition) is 6. The number of hydrogen-bond donors (Lipinski definition) is 1. The average molecular weight is 403 g/mol. The van der Waals surface area contributed by atoms with Gasteiger partial charge in [0.2, 0.25) is 11.9 Å². The molecule has 1 aromatic carbocycles. The molecule has 1 amide bonds. The smallest absolute Gasteiger partial charge is 0.307 e. The number of anilines is 1. The molecule has 2 aromatic rings. The minimum atomic E-state index is -0.451. The third kappa shape index (κ3) is 5.19. The van der Waals surface area contributed by atoms with Gasteiger partial charge in [0, 0.05) is 36.4 Å². The van der Waals surface area contributed by atoms with Gasteiger partial charge in [-0.3, -0.25) is 9.59 Å². The van der Waals surface area contributed by atoms with Gasteiger partial charge in [-0.05, 0) is 36.6 Å². The minimum Gasteiger partial charge on any atom is -0.469 e. The topological polar surface area (TPSA) is 84.4 Å². The molecule has 7 nitrogen and oxygen atoms in total. The molecule has 28 heavy (non-hydrogen) atoms. The van der Waals surface area contributed by atoms with Crippen LogP contribution in [0.25, 0.3) is 0 Å². The number of rotatable bonds is 6. The summed E-state index contributed by atoms with van der Waals surface area (Å²) in [5.41, 5.74) is 0.818. The highest BCUT2D eigenvalue weighted by molar-refractivity contribution is 6.30. The van der Waals surface area contributed by atoms with E-state index in [0.717, 1.165) is 5.56 Å². The highest BCUT2D eigenvalue weighted by atomic mass is 35.5. The number of aromatic nitrogens is 2. The van der Waals surface area contributed by atoms with Gasteiger partial charge in [0.15, 0.2) is 0 Å². The molecule has 1 fully saturated rings. The Hall–Kier alpha value is -2.67. The van der Waals surface area contributed by atoms with Gasteiger partial charge in [0.25, 0.3) is 0 Å². The Labute approximate surface area is 169 Å². The monoisotopic (exact) mass is 402 g/mol. The third-order valence-corrected chi connectivity index (χ3v) is 5.14. The molecule has 2 heterocycles. The molecule has 1 aromatic heterocycles. The molecule has 148 valence electrons. The van der Waals surface area contributed by atoms with Gasteiger partial charge in [0.1, 0.15) is 0 Å². The summed E-state index contributed by atoms with van der Waals surface area (Å²) in [5, 5.41) is 3.61. The number of amides is 1. The Morgan fingerprint density at radius 2 is 1.86 bits per heavy atom. The summed E-state index contributed by atoms with van der Waals surface area (Å²) in [6.07, 6.45) is 4.90. The Bertz CT molecular complexity index is 793. The summed E-state index contributed by atoms with van der Waals surface area (Å²) in [4.78, 5) is 35.2. The van der Waals surface area contributed by atoms with Crippen molar-refractivity contribution < 1.29 is 14.3 Å². The molecule has 0 aliphatic carbocycles. The molecule has 0 radical (unpaired) electrons. The van der Waals surface area contributed by atoms with Crippen LogP contribution in [0.1, 0.15) is 30.9 Å². The van der Waals surface area contributed by atoms with E-state index in [0.29, 0.717) is 36.9 Å². The number of carbonyl (C=O) groups is 2. The second kappa shape index (κ2) is 9.50. The van der Waals surface area contributed by atoms with Crippen LogP contribution in [0.15, 0.2) is 42.7 Å². The van der Waals surface area contributed by atoms with Gasteiger partial charge in [-0.1, -0.05) is 23.7 Å². The number of piperidine rings is 1. The number of nitrogens with one attached hydrogen (secondary N) is 1. The first-order chi connectivity index (χ1) is 13.6. The van der Waals surface area contributed by atoms with Gasteiger partial charge in [0.05, 0.1) is 19.6 Å². The van der Waals surface area contributed by atoms with Crippen molar-refractivity contribution in [1.29, 1.82) is 0 Å². The third-order valence-electron chi connectivity index (χ3n) is 4.89. The first-order valence-corrected chi connectivity index (χ1v) is 9.59. The quantitative estimate of drug-likeness (QED) is 0.748. The fourth-order valence-electron chi connectivity index (χ4n) is 3.28. The Morgan fingerprint density at radius 1 is 1.21 bits per heavy atom. The summed E-state index contributed by atoms with van der Waals surface area (Å²) in [6.45, 7) is 1.43. The molecule has 0 bridgehead atoms. The van der Waals surface area contributed by atoms with Crippen LogP contribution in [0.4, 0.5) is 5.95 Å². The molecule has 1 N–H and O–H groups in total. The molecule has 8 heteroatoms. The van der Waals surface area contributed by atoms with E-state index in [9.17, 15) is 9.59 Å². The lowest BCUT2D eigenvalue weighted by Gasteiger charge is -2.32. The van der Waals surface area contributed by atoms with Crippen LogP contribution in [-0.2, 0) is 14.3 Å². The van der Waals surface area contributed by atoms with E-state index in [2.05, 4.69) is 20.2 Å². The van der Waals surface area contributed by atoms with E-state index in [1.54, 1.807) is 30.6 Å². The maximum absolute atomic E-state index is 12.8. The average Bonchev–Trinajstić information content (AvgIpc) is 2.74. The largest absolute Gasteiger partial charge is 0.469 e. The molecular weight excluding hydrogens is 380 g/mol. The number of methoxy groups -OCH3 is 1. The maximum Gasteiger partial charge on any atom is 0.307 e. The van der Waals surface area contributed by atoms with Crippen molar-refractivity contribution in [3.05, 3.63) is 53.3 Å². The van der Waals surface area contributed by atoms with Crippen LogP contribution in [0.2, 0.25) is 5.02 Å². The van der Waals surface area contributed by atoms with E-state index < -0.39 is 6.04 Å². The Kier molecular flexibility index (Phi) is 6.81. The Balaban J connectivity index is 1.62. The first-order valence-electron chi connectivity index (χ1n) is 9.21. The van der Waals surface area contributed by atoms with E-state index in [4.69, 9.17) is 16.3 Å². The number of ether oxygens (including phenoxy) is 1. The lowest BCUT2D eigenvalue weighted by atomic mass is 9.94. The van der Waals surface area contributed by atoms with Crippen molar-refractivity contribution in [2.45, 2.75) is 25.3 Å². The lowest BCUT2D eigenvalue weighted by Crippen LogP contribution is -2.42. The number of benzene rings is 1. The van der Waals surface area contributed by atoms with Gasteiger partial charge in [-0.25, -0.2) is 9.97 Å². The zero-order valence-corrected chi connectivity index (χ0v) is 16.4. The molecule has 1 aliphatic rings. The number of esters is 1. The van der Waals surface area contributed by atoms with Crippen molar-refractivity contribution in [3.63, 3.8) is 0 Å². The van der Waals surface area contributed by atoms with Crippen molar-refractivity contribution >= 4 is 29.4 Å². The van der Waals surface area contributed by atoms with Crippen LogP contribution < -0.4 is 10.2 Å². The van der Waals surface area contributed by atoms with Gasteiger partial charge >= 0.3 is 5.97 Å². The Morgan fingerprint density at radius 3 is 2.46 bits per heavy atom. The highest BCUT2D eigenvalue weighted by Crippen LogP contribution is 2.24. The van der Waals surface area contributed by atoms with Crippen LogP contribution in [0.3, 0.4) is 0 Å². The highest BCUT2D eigenvalue weighted by Gasteiger charge is 2.28. The predicted octanol–water partition coefficient (Wildman–Crippen LogP) is 2.77. The second-order valence-electron chi connectivity index (χ2n) is 6.70. The zero-order chi connectivity index (χ0) is 19.9. The summed E-state index contributed by atoms with van der Waals surface area (Å²) in [5.74, 6) is 0.132. The number of carbonyl (C=O) groups excluding carboxylic acids is 2. The lowest BCUT2D eigenvalue weighted by molar-refractivity contribution is -0.141. The predicted molar refractivity (Wildman–Crippen MR) is 106 cm³/mol. The van der Waals surface area contributed by atoms with Crippen LogP contribution >= 0.6 is 11.6 Å². The molecule has 1 atom stereocenters. The normalized spacial score (nSPS) is 15.7. The van der Waals surface area contributed by atoms with E-state index in [-0.39, 0.29) is 24.2 Å². The van der Waals surface area contributed by atoms with E-state index >= 15 is 0 Å². The molecule has 1 aliphatic heterocycles. The summed E-state index contributed by atoms with van der Waals surface area (Å²) < 4.78 is 4.78. The number of nitrogens with zero attached hydrogens (tertiary/aromatic N) is 3. The van der Waals surface area contributed by atoms with Crippen molar-refractivity contribution in [2.75, 3.05) is 25.1 Å². The summed E-state index contributed by atoms with van der Waals surface area (Å²) in [7, 11) is 1.34. The van der Waals surface area contributed by atoms with Crippen LogP contribution in [-0.4, -0.2) is 42.0 Å². The first kappa shape index (κ1) is 20.1. The molecular formula is C20H23ClN4O3. The molecule has 1 saturated heterocycles. The molecule has 1 unspecified atom stereocenters. The number of halogens is 1. The minimum absolute atomic E-state index is 0.0579. The second-order valence-corrected chi connectivity index (χ2v) is 7.14. The van der Waals surface area contributed by atoms with Crippen molar-refractivity contribution in [1.82, 2.24) is 15.3 Å². The van der Waals surface area contributed by atoms with E-state index in [1.165, 1.54) is 7.11 Å². The van der Waals surface area contributed by atoms with E-state index in [1.807, 2.05) is 12.1 Å². The van der Waals surface area contributed by atoms with Crippen LogP contribution in [0.5, 0.6) is 0 Å². The van der Waals surface area contributed by atoms with Crippen molar-refractivity contribution in [2.24, 2.45) is 5.92 Å². The summed E-state index contributed by atoms with van der Waals surface area (Å²) >= 11 is 5.95. The fraction of sp³-hybridized carbons (Fsp3) is 0.400. The zero-order valence-electron chi connectivity index (χ0n) is 15.7.